The van der Waals surface area contributed by atoms with Gasteiger partial charge in [0, 0.05) is 12.8 Å². The lowest BCUT2D eigenvalue weighted by atomic mass is 10.4. The molecule has 0 spiro atoms. The minimum Gasteiger partial charge on any atom is -0.397 e. The topological polar surface area (TPSA) is 89.3 Å². The Labute approximate surface area is 92.2 Å². The lowest BCUT2D eigenvalue weighted by molar-refractivity contribution is 0.0961. The third-order valence-corrected chi connectivity index (χ3v) is 3.53. The maximum Gasteiger partial charge on any atom is 0.263 e. The first kappa shape index (κ1) is 12.0. The van der Waals surface area contributed by atoms with E-state index >= 15 is 0 Å². The Morgan fingerprint density at radius 3 is 2.73 bits per heavy atom. The molecule has 1 aromatic heterocycles. The van der Waals surface area contributed by atoms with Gasteiger partial charge in [-0.2, -0.15) is 0 Å². The number of anilines is 1. The first-order valence-corrected chi connectivity index (χ1v) is 7.13. The molecule has 1 heterocycles. The number of hydrogen-bond donors (Lipinski definition) is 2. The van der Waals surface area contributed by atoms with Crippen LogP contribution in [0.2, 0.25) is 0 Å². The van der Waals surface area contributed by atoms with Gasteiger partial charge in [-0.05, 0) is 11.4 Å². The molecule has 0 fully saturated rings. The Balaban J connectivity index is 2.48. The molecule has 0 radical (unpaired) electrons. The Bertz CT molecular complexity index is 450. The maximum absolute atomic E-state index is 11.4. The summed E-state index contributed by atoms with van der Waals surface area (Å²) < 4.78 is 21.6. The molecule has 15 heavy (non-hydrogen) atoms. The number of sulfone groups is 1. The maximum atomic E-state index is 11.4. The summed E-state index contributed by atoms with van der Waals surface area (Å²) >= 11 is 1.23. The molecule has 1 amide bonds. The first-order valence-electron chi connectivity index (χ1n) is 4.19. The largest absolute Gasteiger partial charge is 0.397 e. The number of nitrogen functional groups attached to an aromatic ring is 1. The van der Waals surface area contributed by atoms with E-state index in [4.69, 9.17) is 5.73 Å². The van der Waals surface area contributed by atoms with Crippen molar-refractivity contribution in [2.24, 2.45) is 0 Å². The van der Waals surface area contributed by atoms with Gasteiger partial charge in [0.2, 0.25) is 0 Å². The quantitative estimate of drug-likeness (QED) is 0.791. The molecule has 0 aliphatic rings. The van der Waals surface area contributed by atoms with E-state index in [0.29, 0.717) is 10.6 Å². The van der Waals surface area contributed by atoms with Crippen LogP contribution in [-0.2, 0) is 9.84 Å². The zero-order valence-electron chi connectivity index (χ0n) is 8.19. The molecule has 1 rings (SSSR count). The molecule has 0 saturated heterocycles. The summed E-state index contributed by atoms with van der Waals surface area (Å²) in [6.07, 6.45) is 1.12. The summed E-state index contributed by atoms with van der Waals surface area (Å²) in [4.78, 5) is 11.9. The second-order valence-corrected chi connectivity index (χ2v) is 6.27. The summed E-state index contributed by atoms with van der Waals surface area (Å²) in [7, 11) is -3.04. The minimum absolute atomic E-state index is 0.0655. The number of hydrogen-bond acceptors (Lipinski definition) is 5. The van der Waals surface area contributed by atoms with E-state index in [-0.39, 0.29) is 18.2 Å². The van der Waals surface area contributed by atoms with Gasteiger partial charge in [-0.3, -0.25) is 4.79 Å². The predicted molar refractivity (Wildman–Crippen MR) is 60.8 cm³/mol. The molecular weight excluding hydrogens is 236 g/mol. The zero-order valence-corrected chi connectivity index (χ0v) is 9.82. The summed E-state index contributed by atoms with van der Waals surface area (Å²) in [5.74, 6) is -0.393. The van der Waals surface area contributed by atoms with Gasteiger partial charge in [-0.15, -0.1) is 11.3 Å². The number of thiophene rings is 1. The normalized spacial score (nSPS) is 11.3. The predicted octanol–water partition coefficient (Wildman–Crippen LogP) is 0.105. The van der Waals surface area contributed by atoms with Crippen molar-refractivity contribution < 1.29 is 13.2 Å². The van der Waals surface area contributed by atoms with Gasteiger partial charge in [-0.25, -0.2) is 8.42 Å². The van der Waals surface area contributed by atoms with Crippen LogP contribution < -0.4 is 11.1 Å². The van der Waals surface area contributed by atoms with Crippen molar-refractivity contribution >= 4 is 32.8 Å². The molecule has 5 nitrogen and oxygen atoms in total. The Hall–Kier alpha value is -1.08. The van der Waals surface area contributed by atoms with Gasteiger partial charge in [0.05, 0.1) is 11.4 Å². The highest BCUT2D eigenvalue weighted by Gasteiger charge is 2.11. The van der Waals surface area contributed by atoms with Crippen LogP contribution in [0.1, 0.15) is 9.67 Å². The molecule has 0 atom stereocenters. The number of amides is 1. The third kappa shape index (κ3) is 3.88. The molecule has 0 aromatic carbocycles. The Kier molecular flexibility index (Phi) is 3.70. The highest BCUT2D eigenvalue weighted by molar-refractivity contribution is 7.90. The third-order valence-electron chi connectivity index (χ3n) is 1.66. The molecule has 0 bridgehead atoms. The van der Waals surface area contributed by atoms with Gasteiger partial charge in [0.25, 0.3) is 5.91 Å². The van der Waals surface area contributed by atoms with Crippen molar-refractivity contribution in [1.29, 1.82) is 0 Å². The van der Waals surface area contributed by atoms with E-state index in [9.17, 15) is 13.2 Å². The average Bonchev–Trinajstić information content (AvgIpc) is 2.48. The van der Waals surface area contributed by atoms with Crippen LogP contribution in [-0.4, -0.2) is 32.9 Å². The van der Waals surface area contributed by atoms with Gasteiger partial charge >= 0.3 is 0 Å². The van der Waals surface area contributed by atoms with Crippen LogP contribution in [0, 0.1) is 0 Å². The number of carbonyl (C=O) groups is 1. The molecule has 0 aliphatic heterocycles. The average molecular weight is 248 g/mol. The summed E-state index contributed by atoms with van der Waals surface area (Å²) in [6.45, 7) is 0.106. The van der Waals surface area contributed by atoms with Gasteiger partial charge in [0.1, 0.15) is 14.7 Å². The molecule has 0 unspecified atom stereocenters. The van der Waals surface area contributed by atoms with Crippen LogP contribution in [0.4, 0.5) is 5.69 Å². The fourth-order valence-electron chi connectivity index (χ4n) is 0.934. The fraction of sp³-hybridized carbons (Fsp3) is 0.375. The van der Waals surface area contributed by atoms with Crippen molar-refractivity contribution in [3.05, 3.63) is 16.3 Å². The highest BCUT2D eigenvalue weighted by Crippen LogP contribution is 2.17. The highest BCUT2D eigenvalue weighted by atomic mass is 32.2. The smallest absolute Gasteiger partial charge is 0.263 e. The number of nitrogens with two attached hydrogens (primary N) is 1. The van der Waals surface area contributed by atoms with Crippen LogP contribution in [0.5, 0.6) is 0 Å². The van der Waals surface area contributed by atoms with Crippen LogP contribution in [0.15, 0.2) is 11.4 Å². The monoisotopic (exact) mass is 248 g/mol. The molecule has 3 N–H and O–H groups in total. The summed E-state index contributed by atoms with van der Waals surface area (Å²) in [5, 5.41) is 4.20. The summed E-state index contributed by atoms with van der Waals surface area (Å²) in [5.41, 5.74) is 5.94. The van der Waals surface area contributed by atoms with Gasteiger partial charge < -0.3 is 11.1 Å². The Morgan fingerprint density at radius 2 is 2.27 bits per heavy atom. The van der Waals surface area contributed by atoms with Crippen molar-refractivity contribution in [2.45, 2.75) is 0 Å². The van der Waals surface area contributed by atoms with Crippen molar-refractivity contribution in [2.75, 3.05) is 24.3 Å². The van der Waals surface area contributed by atoms with E-state index in [0.717, 1.165) is 6.26 Å². The van der Waals surface area contributed by atoms with Crippen molar-refractivity contribution in [1.82, 2.24) is 5.32 Å². The van der Waals surface area contributed by atoms with E-state index < -0.39 is 9.84 Å². The molecule has 0 aliphatic carbocycles. The minimum atomic E-state index is -3.04. The van der Waals surface area contributed by atoms with Gasteiger partial charge in [-0.1, -0.05) is 0 Å². The van der Waals surface area contributed by atoms with Crippen molar-refractivity contribution in [3.8, 4) is 0 Å². The van der Waals surface area contributed by atoms with Crippen LogP contribution >= 0.6 is 11.3 Å². The van der Waals surface area contributed by atoms with Crippen LogP contribution in [0.25, 0.3) is 0 Å². The SMILES string of the molecule is CS(=O)(=O)CCNC(=O)c1sccc1N. The number of rotatable bonds is 4. The second-order valence-electron chi connectivity index (χ2n) is 3.09. The second kappa shape index (κ2) is 4.63. The van der Waals surface area contributed by atoms with E-state index in [1.54, 1.807) is 11.4 Å². The lowest BCUT2D eigenvalue weighted by Gasteiger charge is -2.02. The van der Waals surface area contributed by atoms with E-state index in [1.807, 2.05) is 0 Å². The molecular formula is C8H12N2O3S2. The lowest BCUT2D eigenvalue weighted by Crippen LogP contribution is -2.28. The molecule has 0 saturated carbocycles. The number of nitrogens with one attached hydrogen (secondary N) is 1. The van der Waals surface area contributed by atoms with Gasteiger partial charge in [0.15, 0.2) is 0 Å². The first-order chi connectivity index (χ1) is 6.90. The Morgan fingerprint density at radius 1 is 1.60 bits per heavy atom. The molecule has 1 aromatic rings. The zero-order chi connectivity index (χ0) is 11.5. The summed E-state index contributed by atoms with van der Waals surface area (Å²) in [6, 6.07) is 1.64. The number of carbonyl (C=O) groups excluding carboxylic acids is 1. The molecule has 84 valence electrons. The fourth-order valence-corrected chi connectivity index (χ4v) is 2.14. The molecule has 7 heteroatoms. The standard InChI is InChI=1S/C8H12N2O3S2/c1-15(12,13)5-3-10-8(11)7-6(9)2-4-14-7/h2,4H,3,5,9H2,1H3,(H,10,11). The van der Waals surface area contributed by atoms with Crippen molar-refractivity contribution in [3.63, 3.8) is 0 Å². The van der Waals surface area contributed by atoms with E-state index in [1.165, 1.54) is 11.3 Å². The van der Waals surface area contributed by atoms with E-state index in [2.05, 4.69) is 5.32 Å². The van der Waals surface area contributed by atoms with Crippen LogP contribution in [0.3, 0.4) is 0 Å².